The van der Waals surface area contributed by atoms with Gasteiger partial charge in [0.1, 0.15) is 0 Å². The largest absolute Gasteiger partial charge is 0.346 e. The van der Waals surface area contributed by atoms with Crippen molar-refractivity contribution in [2.24, 2.45) is 0 Å². The van der Waals surface area contributed by atoms with Gasteiger partial charge in [-0.2, -0.15) is 8.42 Å². The second kappa shape index (κ2) is 16.9. The number of rotatable bonds is 18. The Morgan fingerprint density at radius 3 is 1.52 bits per heavy atom. The smallest absolute Gasteiger partial charge is 0.322 e. The summed E-state index contributed by atoms with van der Waals surface area (Å²) in [5.41, 5.74) is 0. The van der Waals surface area contributed by atoms with Gasteiger partial charge >= 0.3 is 16.1 Å². The van der Waals surface area contributed by atoms with Crippen LogP contribution in [-0.2, 0) is 19.1 Å². The van der Waals surface area contributed by atoms with E-state index >= 15 is 0 Å². The molecule has 0 rings (SSSR count). The van der Waals surface area contributed by atoms with Crippen molar-refractivity contribution in [2.45, 2.75) is 117 Å². The minimum atomic E-state index is -3.69. The topological polar surface area (TPSA) is 60.4 Å². The van der Waals surface area contributed by atoms with Gasteiger partial charge in [-0.3, -0.25) is 4.79 Å². The first-order valence-corrected chi connectivity index (χ1v) is 12.0. The van der Waals surface area contributed by atoms with Gasteiger partial charge in [0, 0.05) is 6.42 Å². The molecule has 0 saturated carbocycles. The van der Waals surface area contributed by atoms with Crippen molar-refractivity contribution in [1.29, 1.82) is 0 Å². The molecule has 0 aromatic carbocycles. The predicted octanol–water partition coefficient (Wildman–Crippen LogP) is 6.14. The second-order valence-corrected chi connectivity index (χ2v) is 8.75. The van der Waals surface area contributed by atoms with E-state index in [-0.39, 0.29) is 12.2 Å². The fourth-order valence-corrected chi connectivity index (χ4v) is 3.87. The Hall–Kier alpha value is -0.580. The van der Waals surface area contributed by atoms with E-state index in [4.69, 9.17) is 0 Å². The lowest BCUT2D eigenvalue weighted by atomic mass is 10.1. The molecule has 0 N–H and O–H groups in total. The number of hydrogen-bond acceptors (Lipinski definition) is 4. The third-order valence-electron chi connectivity index (χ3n) is 4.45. The molecule has 0 aromatic rings. The van der Waals surface area contributed by atoms with Gasteiger partial charge in [-0.25, -0.2) is 0 Å². The first kappa shape index (κ1) is 24.4. The van der Waals surface area contributed by atoms with Crippen molar-refractivity contribution in [3.05, 3.63) is 0 Å². The van der Waals surface area contributed by atoms with E-state index in [1.807, 2.05) is 0 Å². The molecule has 0 fully saturated rings. The van der Waals surface area contributed by atoms with Crippen LogP contribution in [0.1, 0.15) is 117 Å². The predicted molar refractivity (Wildman–Crippen MR) is 105 cm³/mol. The molecule has 0 aliphatic rings. The minimum absolute atomic E-state index is 0.0378. The van der Waals surface area contributed by atoms with E-state index in [1.165, 1.54) is 51.4 Å². The summed E-state index contributed by atoms with van der Waals surface area (Å²) < 4.78 is 28.2. The van der Waals surface area contributed by atoms with Gasteiger partial charge in [-0.05, 0) is 12.8 Å². The van der Waals surface area contributed by atoms with Crippen molar-refractivity contribution in [2.75, 3.05) is 5.75 Å². The molecule has 0 heterocycles. The summed E-state index contributed by atoms with van der Waals surface area (Å²) in [5.74, 6) is -0.627. The standard InChI is InChI=1S/C20H40O4S/c1-3-5-7-9-11-12-14-16-18-20(21)24-25(22,23)19-17-15-13-10-8-6-4-2/h3-19H2,1-2H3. The zero-order valence-electron chi connectivity index (χ0n) is 16.6. The van der Waals surface area contributed by atoms with Crippen LogP contribution >= 0.6 is 0 Å². The average Bonchev–Trinajstić information content (AvgIpc) is 2.56. The molecule has 0 bridgehead atoms. The number of carbonyl (C=O) groups is 1. The normalized spacial score (nSPS) is 11.6. The Kier molecular flexibility index (Phi) is 16.5. The van der Waals surface area contributed by atoms with Crippen LogP contribution in [0.5, 0.6) is 0 Å². The fraction of sp³-hybridized carbons (Fsp3) is 0.950. The summed E-state index contributed by atoms with van der Waals surface area (Å²) in [6.07, 6.45) is 16.7. The van der Waals surface area contributed by atoms with E-state index in [2.05, 4.69) is 18.0 Å². The van der Waals surface area contributed by atoms with E-state index in [1.54, 1.807) is 0 Å². The van der Waals surface area contributed by atoms with Crippen molar-refractivity contribution in [1.82, 2.24) is 0 Å². The van der Waals surface area contributed by atoms with Crippen molar-refractivity contribution >= 4 is 16.1 Å². The number of unbranched alkanes of at least 4 members (excludes halogenated alkanes) is 13. The van der Waals surface area contributed by atoms with Gasteiger partial charge in [0.05, 0.1) is 5.75 Å². The summed E-state index contributed by atoms with van der Waals surface area (Å²) >= 11 is 0. The maximum atomic E-state index is 11.8. The second-order valence-electron chi connectivity index (χ2n) is 7.06. The summed E-state index contributed by atoms with van der Waals surface area (Å²) in [7, 11) is -3.69. The van der Waals surface area contributed by atoms with Crippen LogP contribution < -0.4 is 0 Å². The van der Waals surface area contributed by atoms with E-state index < -0.39 is 16.1 Å². The van der Waals surface area contributed by atoms with Gasteiger partial charge in [0.25, 0.3) is 0 Å². The molecule has 4 nitrogen and oxygen atoms in total. The molecule has 150 valence electrons. The SMILES string of the molecule is CCCCCCCCCCC(=O)OS(=O)(=O)CCCCCCCCC. The zero-order chi connectivity index (χ0) is 18.8. The van der Waals surface area contributed by atoms with Crippen molar-refractivity contribution in [3.8, 4) is 0 Å². The van der Waals surface area contributed by atoms with Crippen LogP contribution in [-0.4, -0.2) is 20.1 Å². The first-order chi connectivity index (χ1) is 12.0. The van der Waals surface area contributed by atoms with E-state index in [0.717, 1.165) is 38.5 Å². The van der Waals surface area contributed by atoms with Crippen LogP contribution in [0.15, 0.2) is 0 Å². The highest BCUT2D eigenvalue weighted by atomic mass is 32.2. The molecule has 0 radical (unpaired) electrons. The molecule has 0 aromatic heterocycles. The Labute approximate surface area is 156 Å². The monoisotopic (exact) mass is 376 g/mol. The van der Waals surface area contributed by atoms with Gasteiger partial charge in [0.2, 0.25) is 0 Å². The molecule has 25 heavy (non-hydrogen) atoms. The highest BCUT2D eigenvalue weighted by molar-refractivity contribution is 7.87. The molecule has 0 aliphatic carbocycles. The van der Waals surface area contributed by atoms with Gasteiger partial charge in [-0.1, -0.05) is 97.3 Å². The Morgan fingerprint density at radius 1 is 0.640 bits per heavy atom. The molecule has 0 aliphatic heterocycles. The molecule has 0 atom stereocenters. The van der Waals surface area contributed by atoms with Gasteiger partial charge < -0.3 is 4.18 Å². The maximum Gasteiger partial charge on any atom is 0.322 e. The molecule has 0 amide bonds. The summed E-state index contributed by atoms with van der Waals surface area (Å²) in [6, 6.07) is 0. The van der Waals surface area contributed by atoms with E-state index in [9.17, 15) is 13.2 Å². The zero-order valence-corrected chi connectivity index (χ0v) is 17.4. The summed E-state index contributed by atoms with van der Waals surface area (Å²) in [6.45, 7) is 4.38. The van der Waals surface area contributed by atoms with Crippen LogP contribution in [0.3, 0.4) is 0 Å². The number of hydrogen-bond donors (Lipinski definition) is 0. The van der Waals surface area contributed by atoms with Gasteiger partial charge in [-0.15, -0.1) is 0 Å². The fourth-order valence-electron chi connectivity index (χ4n) is 2.86. The van der Waals surface area contributed by atoms with Crippen molar-refractivity contribution < 1.29 is 17.4 Å². The molecule has 0 spiro atoms. The lowest BCUT2D eigenvalue weighted by Gasteiger charge is -2.06. The molecular formula is C20H40O4S. The molecule has 5 heteroatoms. The van der Waals surface area contributed by atoms with Crippen LogP contribution in [0, 0.1) is 0 Å². The Morgan fingerprint density at radius 2 is 1.04 bits per heavy atom. The summed E-state index contributed by atoms with van der Waals surface area (Å²) in [5, 5.41) is 0. The Balaban J connectivity index is 3.58. The highest BCUT2D eigenvalue weighted by Gasteiger charge is 2.16. The van der Waals surface area contributed by atoms with Crippen LogP contribution in [0.4, 0.5) is 0 Å². The molecule has 0 unspecified atom stereocenters. The van der Waals surface area contributed by atoms with E-state index in [0.29, 0.717) is 6.42 Å². The maximum absolute atomic E-state index is 11.8. The lowest BCUT2D eigenvalue weighted by Crippen LogP contribution is -2.16. The average molecular weight is 377 g/mol. The van der Waals surface area contributed by atoms with Crippen molar-refractivity contribution in [3.63, 3.8) is 0 Å². The van der Waals surface area contributed by atoms with Crippen LogP contribution in [0.2, 0.25) is 0 Å². The highest BCUT2D eigenvalue weighted by Crippen LogP contribution is 2.12. The summed E-state index contributed by atoms with van der Waals surface area (Å²) in [4.78, 5) is 11.6. The first-order valence-electron chi connectivity index (χ1n) is 10.5. The third kappa shape index (κ3) is 18.0. The lowest BCUT2D eigenvalue weighted by molar-refractivity contribution is -0.133. The molecular weight excluding hydrogens is 336 g/mol. The minimum Gasteiger partial charge on any atom is -0.346 e. The number of carbonyl (C=O) groups excluding carboxylic acids is 1. The molecule has 0 saturated heterocycles. The Bertz CT molecular complexity index is 404. The quantitative estimate of drug-likeness (QED) is 0.213. The van der Waals surface area contributed by atoms with Gasteiger partial charge in [0.15, 0.2) is 0 Å². The van der Waals surface area contributed by atoms with Crippen LogP contribution in [0.25, 0.3) is 0 Å². The third-order valence-corrected chi connectivity index (χ3v) is 5.68.